The Balaban J connectivity index is 2.16. The van der Waals surface area contributed by atoms with Gasteiger partial charge in [-0.3, -0.25) is 5.41 Å². The highest BCUT2D eigenvalue weighted by atomic mass is 14.4. The molecule has 0 aliphatic heterocycles. The third kappa shape index (κ3) is 2.76. The second kappa shape index (κ2) is 6.72. The van der Waals surface area contributed by atoms with Crippen LogP contribution in [0.3, 0.4) is 0 Å². The van der Waals surface area contributed by atoms with E-state index in [1.807, 2.05) is 0 Å². The first-order valence-corrected chi connectivity index (χ1v) is 9.35. The summed E-state index contributed by atoms with van der Waals surface area (Å²) in [6, 6.07) is 12.7. The molecule has 0 heterocycles. The Morgan fingerprint density at radius 1 is 0.692 bits per heavy atom. The van der Waals surface area contributed by atoms with Crippen LogP contribution in [0.1, 0.15) is 67.0 Å². The second-order valence-corrected chi connectivity index (χ2v) is 7.69. The molecule has 2 aromatic rings. The first-order chi connectivity index (χ1) is 12.3. The molecule has 1 aliphatic rings. The van der Waals surface area contributed by atoms with Crippen molar-refractivity contribution in [3.63, 3.8) is 0 Å². The molecule has 26 heavy (non-hydrogen) atoms. The minimum atomic E-state index is 0.290. The van der Waals surface area contributed by atoms with Gasteiger partial charge in [-0.15, -0.1) is 0 Å². The molecular weight excluding hydrogens is 314 g/mol. The monoisotopic (exact) mass is 343 g/mol. The van der Waals surface area contributed by atoms with Gasteiger partial charge in [-0.2, -0.15) is 0 Å². The van der Waals surface area contributed by atoms with Crippen molar-refractivity contribution in [1.82, 2.24) is 0 Å². The highest BCUT2D eigenvalue weighted by Crippen LogP contribution is 2.44. The molecule has 1 heteroatoms. The van der Waals surface area contributed by atoms with Crippen LogP contribution < -0.4 is 0 Å². The van der Waals surface area contributed by atoms with Crippen LogP contribution in [0.15, 0.2) is 58.7 Å². The fraction of sp³-hybridized carbons (Fsp3) is 0.320. The molecule has 0 aromatic heterocycles. The zero-order chi connectivity index (χ0) is 19.2. The first-order valence-electron chi connectivity index (χ1n) is 9.35. The van der Waals surface area contributed by atoms with Gasteiger partial charge < -0.3 is 0 Å². The fourth-order valence-electron chi connectivity index (χ4n) is 4.16. The van der Waals surface area contributed by atoms with E-state index in [0.717, 1.165) is 11.1 Å². The lowest BCUT2D eigenvalue weighted by Crippen LogP contribution is -2.12. The molecule has 0 spiro atoms. The van der Waals surface area contributed by atoms with E-state index in [2.05, 4.69) is 84.9 Å². The largest absolute Gasteiger partial charge is 0.300 e. The molecule has 0 saturated carbocycles. The number of hydrogen-bond acceptors (Lipinski definition) is 1. The quantitative estimate of drug-likeness (QED) is 0.593. The van der Waals surface area contributed by atoms with Gasteiger partial charge in [0.25, 0.3) is 0 Å². The molecule has 1 N–H and O–H groups in total. The van der Waals surface area contributed by atoms with Crippen LogP contribution in [0.5, 0.6) is 0 Å². The highest BCUT2D eigenvalue weighted by Gasteiger charge is 2.28. The summed E-state index contributed by atoms with van der Waals surface area (Å²) in [5.41, 5.74) is 13.4. The van der Waals surface area contributed by atoms with E-state index in [4.69, 9.17) is 5.41 Å². The van der Waals surface area contributed by atoms with Crippen molar-refractivity contribution in [2.45, 2.75) is 54.4 Å². The predicted molar refractivity (Wildman–Crippen MR) is 113 cm³/mol. The van der Waals surface area contributed by atoms with E-state index in [9.17, 15) is 0 Å². The number of rotatable bonds is 3. The van der Waals surface area contributed by atoms with Crippen LogP contribution in [0.4, 0.5) is 0 Å². The Morgan fingerprint density at radius 3 is 1.88 bits per heavy atom. The minimum absolute atomic E-state index is 0.290. The molecule has 0 unspecified atom stereocenters. The van der Waals surface area contributed by atoms with Gasteiger partial charge in [-0.25, -0.2) is 0 Å². The topological polar surface area (TPSA) is 23.9 Å². The third-order valence-corrected chi connectivity index (χ3v) is 6.48. The van der Waals surface area contributed by atoms with Crippen molar-refractivity contribution >= 4 is 5.71 Å². The lowest BCUT2D eigenvalue weighted by molar-refractivity contribution is 0.932. The normalized spacial score (nSPS) is 15.2. The van der Waals surface area contributed by atoms with E-state index < -0.39 is 0 Å². The molecule has 0 amide bonds. The van der Waals surface area contributed by atoms with Crippen LogP contribution >= 0.6 is 0 Å². The van der Waals surface area contributed by atoms with Gasteiger partial charge in [0.05, 0.1) is 5.71 Å². The molecule has 0 fully saturated rings. The summed E-state index contributed by atoms with van der Waals surface area (Å²) in [6.07, 6.45) is 0. The molecule has 1 aliphatic carbocycles. The van der Waals surface area contributed by atoms with Crippen LogP contribution in [0.2, 0.25) is 0 Å². The van der Waals surface area contributed by atoms with E-state index in [-0.39, 0.29) is 0 Å². The summed E-state index contributed by atoms with van der Waals surface area (Å²) in [4.78, 5) is 0. The standard InChI is InChI=1S/C25H29N/c1-14-12-13-21(18(5)15(14)2)25(26)23-11-9-8-10-22(23)24-19(6)16(3)17(4)20(24)7/h8-13,24,26H,1-7H3. The second-order valence-electron chi connectivity index (χ2n) is 7.69. The van der Waals surface area contributed by atoms with Gasteiger partial charge in [-0.1, -0.05) is 47.5 Å². The Kier molecular flexibility index (Phi) is 4.75. The Morgan fingerprint density at radius 2 is 1.27 bits per heavy atom. The van der Waals surface area contributed by atoms with Gasteiger partial charge in [0.2, 0.25) is 0 Å². The lowest BCUT2D eigenvalue weighted by atomic mass is 9.82. The third-order valence-electron chi connectivity index (χ3n) is 6.48. The lowest BCUT2D eigenvalue weighted by Gasteiger charge is -2.21. The maximum absolute atomic E-state index is 8.98. The van der Waals surface area contributed by atoms with Gasteiger partial charge in [-0.05, 0) is 81.9 Å². The van der Waals surface area contributed by atoms with Crippen LogP contribution in [-0.4, -0.2) is 5.71 Å². The summed E-state index contributed by atoms with van der Waals surface area (Å²) in [5.74, 6) is 0.290. The van der Waals surface area contributed by atoms with Crippen molar-refractivity contribution in [1.29, 1.82) is 5.41 Å². The fourth-order valence-corrected chi connectivity index (χ4v) is 4.16. The molecule has 3 rings (SSSR count). The SMILES string of the molecule is CC1=C(C)C(c2ccccc2C(=N)c2ccc(C)c(C)c2C)C(C)=C1C. The zero-order valence-corrected chi connectivity index (χ0v) is 17.0. The number of hydrogen-bond donors (Lipinski definition) is 1. The van der Waals surface area contributed by atoms with E-state index in [1.54, 1.807) is 0 Å². The van der Waals surface area contributed by atoms with Gasteiger partial charge >= 0.3 is 0 Å². The Bertz CT molecular complexity index is 946. The number of allylic oxidation sites excluding steroid dienone is 4. The van der Waals surface area contributed by atoms with Crippen LogP contribution in [0.25, 0.3) is 0 Å². The van der Waals surface area contributed by atoms with Crippen molar-refractivity contribution in [2.75, 3.05) is 0 Å². The van der Waals surface area contributed by atoms with Crippen LogP contribution in [0, 0.1) is 26.2 Å². The molecule has 1 nitrogen and oxygen atoms in total. The number of nitrogens with one attached hydrogen (secondary N) is 1. The Labute approximate surface area is 158 Å². The molecule has 0 saturated heterocycles. The van der Waals surface area contributed by atoms with E-state index in [0.29, 0.717) is 11.6 Å². The van der Waals surface area contributed by atoms with Crippen molar-refractivity contribution in [3.05, 3.63) is 92.1 Å². The maximum Gasteiger partial charge on any atom is 0.0690 e. The van der Waals surface area contributed by atoms with Crippen molar-refractivity contribution < 1.29 is 0 Å². The van der Waals surface area contributed by atoms with Gasteiger partial charge in [0, 0.05) is 17.0 Å². The predicted octanol–water partition coefficient (Wildman–Crippen LogP) is 6.80. The maximum atomic E-state index is 8.98. The summed E-state index contributed by atoms with van der Waals surface area (Å²) in [6.45, 7) is 15.3. The van der Waals surface area contributed by atoms with Gasteiger partial charge in [0.15, 0.2) is 0 Å². The summed E-state index contributed by atoms with van der Waals surface area (Å²) in [5, 5.41) is 8.98. The smallest absolute Gasteiger partial charge is 0.0690 e. The van der Waals surface area contributed by atoms with E-state index >= 15 is 0 Å². The van der Waals surface area contributed by atoms with Crippen molar-refractivity contribution in [2.24, 2.45) is 0 Å². The number of aryl methyl sites for hydroxylation is 1. The molecule has 0 radical (unpaired) electrons. The molecular formula is C25H29N. The molecule has 134 valence electrons. The first kappa shape index (κ1) is 18.4. The van der Waals surface area contributed by atoms with Gasteiger partial charge in [0.1, 0.15) is 0 Å². The molecule has 0 atom stereocenters. The Hall–Kier alpha value is -2.41. The summed E-state index contributed by atoms with van der Waals surface area (Å²) >= 11 is 0. The van der Waals surface area contributed by atoms with E-state index in [1.165, 1.54) is 44.5 Å². The molecule has 2 aromatic carbocycles. The summed E-state index contributed by atoms with van der Waals surface area (Å²) < 4.78 is 0. The summed E-state index contributed by atoms with van der Waals surface area (Å²) in [7, 11) is 0. The van der Waals surface area contributed by atoms with Crippen molar-refractivity contribution in [3.8, 4) is 0 Å². The highest BCUT2D eigenvalue weighted by molar-refractivity contribution is 6.13. The average molecular weight is 344 g/mol. The average Bonchev–Trinajstić information content (AvgIpc) is 2.82. The molecule has 0 bridgehead atoms. The zero-order valence-electron chi connectivity index (χ0n) is 17.0. The number of benzene rings is 2. The minimum Gasteiger partial charge on any atom is -0.300 e. The van der Waals surface area contributed by atoms with Crippen LogP contribution in [-0.2, 0) is 0 Å².